The highest BCUT2D eigenvalue weighted by Crippen LogP contribution is 2.34. The Labute approximate surface area is 201 Å². The first-order valence-corrected chi connectivity index (χ1v) is 12.1. The first kappa shape index (κ1) is 24.8. The Morgan fingerprint density at radius 1 is 0.970 bits per heavy atom. The van der Waals surface area contributed by atoms with Crippen LogP contribution in [0.25, 0.3) is 16.8 Å². The molecule has 1 aliphatic heterocycles. The molecule has 2 aromatic carbocycles. The van der Waals surface area contributed by atoms with Crippen molar-refractivity contribution in [2.24, 2.45) is 10.9 Å². The molecule has 0 bridgehead atoms. The van der Waals surface area contributed by atoms with E-state index < -0.39 is 0 Å². The number of hydrogen-bond acceptors (Lipinski definition) is 2. The van der Waals surface area contributed by atoms with E-state index in [2.05, 4.69) is 94.3 Å². The van der Waals surface area contributed by atoms with Gasteiger partial charge in [-0.15, -0.1) is 0 Å². The predicted molar refractivity (Wildman–Crippen MR) is 146 cm³/mol. The van der Waals surface area contributed by atoms with Crippen LogP contribution in [0.4, 0.5) is 0 Å². The molecule has 0 amide bonds. The summed E-state index contributed by atoms with van der Waals surface area (Å²) in [5.41, 5.74) is 9.60. The number of aliphatic imine (C=N–C) groups is 1. The fourth-order valence-corrected chi connectivity index (χ4v) is 4.56. The fraction of sp³-hybridized carbons (Fsp3) is 0.387. The summed E-state index contributed by atoms with van der Waals surface area (Å²) in [4.78, 5) is 7.31. The molecule has 1 heterocycles. The zero-order valence-electron chi connectivity index (χ0n) is 21.4. The molecule has 2 heteroatoms. The summed E-state index contributed by atoms with van der Waals surface area (Å²) in [6, 6.07) is 17.7. The highest BCUT2D eigenvalue weighted by atomic mass is 15.1. The van der Waals surface area contributed by atoms with E-state index >= 15 is 0 Å². The van der Waals surface area contributed by atoms with Crippen LogP contribution in [0.1, 0.15) is 65.5 Å². The topological polar surface area (TPSA) is 15.6 Å². The molecule has 174 valence electrons. The molecule has 1 aliphatic rings. The number of rotatable bonds is 6. The standard InChI is InChI=1S/C31H40N2/c1-9-30(22(2)3)32-23(4)25-18-20-33(21-19-25)24(5)28-12-10-11-13-29(28)26-14-16-27(17-15-26)31(6,7)8/h9-17,25H,2,5,18-21H2,1,3-4,6-8H3/b30-9-,32-23?. The second kappa shape index (κ2) is 10.4. The molecule has 1 saturated heterocycles. The lowest BCUT2D eigenvalue weighted by molar-refractivity contribution is 0.295. The maximum absolute atomic E-state index is 4.86. The smallest absolute Gasteiger partial charge is 0.0609 e. The third-order valence-electron chi connectivity index (χ3n) is 6.77. The van der Waals surface area contributed by atoms with Crippen molar-refractivity contribution in [3.8, 4) is 11.1 Å². The molecule has 0 saturated carbocycles. The van der Waals surface area contributed by atoms with Gasteiger partial charge in [-0.2, -0.15) is 0 Å². The number of nitrogens with zero attached hydrogens (tertiary/aromatic N) is 2. The predicted octanol–water partition coefficient (Wildman–Crippen LogP) is 8.27. The van der Waals surface area contributed by atoms with Crippen LogP contribution in [0.15, 0.2) is 84.0 Å². The molecule has 33 heavy (non-hydrogen) atoms. The molecular formula is C31H40N2. The van der Waals surface area contributed by atoms with Crippen LogP contribution < -0.4 is 0 Å². The van der Waals surface area contributed by atoms with Crippen molar-refractivity contribution in [1.29, 1.82) is 0 Å². The van der Waals surface area contributed by atoms with Crippen molar-refractivity contribution >= 4 is 11.4 Å². The first-order chi connectivity index (χ1) is 15.6. The largest absolute Gasteiger partial charge is 0.371 e. The van der Waals surface area contributed by atoms with Crippen LogP contribution in [0.3, 0.4) is 0 Å². The second-order valence-corrected chi connectivity index (χ2v) is 10.3. The Kier molecular flexibility index (Phi) is 7.79. The highest BCUT2D eigenvalue weighted by Gasteiger charge is 2.24. The van der Waals surface area contributed by atoms with Gasteiger partial charge in [0.2, 0.25) is 0 Å². The third kappa shape index (κ3) is 5.93. The molecule has 0 atom stereocenters. The number of hydrogen-bond donors (Lipinski definition) is 0. The van der Waals surface area contributed by atoms with Gasteiger partial charge in [0.25, 0.3) is 0 Å². The van der Waals surface area contributed by atoms with Crippen LogP contribution in [0, 0.1) is 5.92 Å². The quantitative estimate of drug-likeness (QED) is 0.326. The molecule has 0 unspecified atom stereocenters. The van der Waals surface area contributed by atoms with E-state index in [1.807, 2.05) is 19.9 Å². The van der Waals surface area contributed by atoms with E-state index in [4.69, 9.17) is 4.99 Å². The maximum atomic E-state index is 4.86. The summed E-state index contributed by atoms with van der Waals surface area (Å²) in [7, 11) is 0. The Morgan fingerprint density at radius 2 is 1.58 bits per heavy atom. The van der Waals surface area contributed by atoms with Gasteiger partial charge in [-0.05, 0) is 61.3 Å². The average Bonchev–Trinajstić information content (AvgIpc) is 2.81. The minimum atomic E-state index is 0.158. The summed E-state index contributed by atoms with van der Waals surface area (Å²) < 4.78 is 0. The van der Waals surface area contributed by atoms with E-state index in [9.17, 15) is 0 Å². The fourth-order valence-electron chi connectivity index (χ4n) is 4.56. The molecule has 0 aromatic heterocycles. The first-order valence-electron chi connectivity index (χ1n) is 12.1. The third-order valence-corrected chi connectivity index (χ3v) is 6.77. The molecule has 2 aromatic rings. The minimum Gasteiger partial charge on any atom is -0.371 e. The van der Waals surface area contributed by atoms with Crippen molar-refractivity contribution in [3.63, 3.8) is 0 Å². The van der Waals surface area contributed by atoms with Gasteiger partial charge in [0.15, 0.2) is 0 Å². The van der Waals surface area contributed by atoms with E-state index in [1.54, 1.807) is 0 Å². The number of piperidine rings is 1. The zero-order valence-corrected chi connectivity index (χ0v) is 21.4. The lowest BCUT2D eigenvalue weighted by Gasteiger charge is -2.35. The summed E-state index contributed by atoms with van der Waals surface area (Å²) >= 11 is 0. The SMILES string of the molecule is C=C(C)/C(=C/C)N=C(C)C1CCN(C(=C)c2ccccc2-c2ccc(C(C)(C)C)cc2)CC1. The summed E-state index contributed by atoms with van der Waals surface area (Å²) in [5.74, 6) is 0.517. The number of benzene rings is 2. The van der Waals surface area contributed by atoms with Crippen molar-refractivity contribution in [3.05, 3.63) is 90.2 Å². The van der Waals surface area contributed by atoms with Crippen molar-refractivity contribution in [1.82, 2.24) is 4.90 Å². The van der Waals surface area contributed by atoms with E-state index in [0.717, 1.165) is 42.9 Å². The van der Waals surface area contributed by atoms with Gasteiger partial charge in [-0.25, -0.2) is 0 Å². The van der Waals surface area contributed by atoms with Gasteiger partial charge in [0.1, 0.15) is 0 Å². The summed E-state index contributed by atoms with van der Waals surface area (Å²) in [5, 5.41) is 0. The van der Waals surface area contributed by atoms with Gasteiger partial charge in [-0.1, -0.05) is 88.5 Å². The Balaban J connectivity index is 1.75. The molecule has 0 spiro atoms. The van der Waals surface area contributed by atoms with Crippen molar-refractivity contribution in [2.45, 2.75) is 59.8 Å². The van der Waals surface area contributed by atoms with Gasteiger partial charge >= 0.3 is 0 Å². The summed E-state index contributed by atoms with van der Waals surface area (Å²) in [6.45, 7) is 23.6. The van der Waals surface area contributed by atoms with Crippen LogP contribution in [0.5, 0.6) is 0 Å². The molecule has 0 radical (unpaired) electrons. The second-order valence-electron chi connectivity index (χ2n) is 10.3. The van der Waals surface area contributed by atoms with Crippen LogP contribution >= 0.6 is 0 Å². The lowest BCUT2D eigenvalue weighted by atomic mass is 9.85. The zero-order chi connectivity index (χ0) is 24.2. The lowest BCUT2D eigenvalue weighted by Crippen LogP contribution is -2.34. The van der Waals surface area contributed by atoms with E-state index in [1.165, 1.54) is 28.0 Å². The van der Waals surface area contributed by atoms with Gasteiger partial charge < -0.3 is 4.90 Å². The van der Waals surface area contributed by atoms with Crippen molar-refractivity contribution < 1.29 is 0 Å². The average molecular weight is 441 g/mol. The van der Waals surface area contributed by atoms with Crippen LogP contribution in [-0.2, 0) is 5.41 Å². The van der Waals surface area contributed by atoms with Gasteiger partial charge in [-0.3, -0.25) is 4.99 Å². The monoisotopic (exact) mass is 440 g/mol. The van der Waals surface area contributed by atoms with E-state index in [-0.39, 0.29) is 5.41 Å². The number of likely N-dealkylation sites (tertiary alicyclic amines) is 1. The Morgan fingerprint density at radius 3 is 2.12 bits per heavy atom. The van der Waals surface area contributed by atoms with Crippen LogP contribution in [-0.4, -0.2) is 23.7 Å². The highest BCUT2D eigenvalue weighted by molar-refractivity contribution is 5.86. The molecule has 1 fully saturated rings. The van der Waals surface area contributed by atoms with Gasteiger partial charge in [0, 0.05) is 36.0 Å². The molecule has 0 aliphatic carbocycles. The normalized spacial score (nSPS) is 16.1. The molecule has 2 nitrogen and oxygen atoms in total. The number of allylic oxidation sites excluding steroid dienone is 2. The minimum absolute atomic E-state index is 0.158. The van der Waals surface area contributed by atoms with E-state index in [0.29, 0.717) is 5.92 Å². The van der Waals surface area contributed by atoms with Crippen LogP contribution in [0.2, 0.25) is 0 Å². The summed E-state index contributed by atoms with van der Waals surface area (Å²) in [6.07, 6.45) is 4.25. The van der Waals surface area contributed by atoms with Gasteiger partial charge in [0.05, 0.1) is 5.70 Å². The Bertz CT molecular complexity index is 1050. The maximum Gasteiger partial charge on any atom is 0.0609 e. The molecule has 3 rings (SSSR count). The van der Waals surface area contributed by atoms with Crippen molar-refractivity contribution in [2.75, 3.05) is 13.1 Å². The Hall–Kier alpha value is -2.87. The molecular weight excluding hydrogens is 400 g/mol. The molecule has 0 N–H and O–H groups in total.